The maximum Gasteiger partial charge on any atom is 0.472 e. The summed E-state index contributed by atoms with van der Waals surface area (Å²) in [5.74, 6) is -0.151. The normalized spacial score (nSPS) is 14.2. The summed E-state index contributed by atoms with van der Waals surface area (Å²) >= 11 is 0. The molecule has 0 aliphatic heterocycles. The van der Waals surface area contributed by atoms with Crippen LogP contribution in [0.15, 0.2) is 48.6 Å². The van der Waals surface area contributed by atoms with Crippen molar-refractivity contribution in [2.45, 2.75) is 296 Å². The number of phosphoric ester groups is 1. The number of hydrogen-bond donors (Lipinski definition) is 3. The molecule has 70 heavy (non-hydrogen) atoms. The van der Waals surface area contributed by atoms with Gasteiger partial charge < -0.3 is 19.8 Å². The van der Waals surface area contributed by atoms with Gasteiger partial charge in [0.05, 0.1) is 39.9 Å². The van der Waals surface area contributed by atoms with Gasteiger partial charge in [-0.2, -0.15) is 0 Å². The van der Waals surface area contributed by atoms with Crippen molar-refractivity contribution in [2.24, 2.45) is 0 Å². The number of rotatable bonds is 55. The first-order valence-electron chi connectivity index (χ1n) is 30.0. The Morgan fingerprint density at radius 3 is 1.26 bits per heavy atom. The number of likely N-dealkylation sites (N-methyl/N-ethyl adjacent to an activating group) is 1. The maximum atomic E-state index is 13.0. The first-order valence-corrected chi connectivity index (χ1v) is 31.5. The van der Waals surface area contributed by atoms with Crippen molar-refractivity contribution in [3.63, 3.8) is 0 Å². The average Bonchev–Trinajstić information content (AvgIpc) is 3.32. The second-order valence-electron chi connectivity index (χ2n) is 21.7. The largest absolute Gasteiger partial charge is 0.472 e. The highest BCUT2D eigenvalue weighted by molar-refractivity contribution is 7.47. The van der Waals surface area contributed by atoms with E-state index in [1.54, 1.807) is 0 Å². The van der Waals surface area contributed by atoms with Crippen molar-refractivity contribution < 1.29 is 32.9 Å². The van der Waals surface area contributed by atoms with Crippen LogP contribution >= 0.6 is 7.82 Å². The van der Waals surface area contributed by atoms with Crippen molar-refractivity contribution in [1.29, 1.82) is 0 Å². The summed E-state index contributed by atoms with van der Waals surface area (Å²) in [4.78, 5) is 23.4. The van der Waals surface area contributed by atoms with Gasteiger partial charge in [0.1, 0.15) is 13.2 Å². The average molecular weight is 1010 g/mol. The first-order chi connectivity index (χ1) is 34.0. The van der Waals surface area contributed by atoms with Crippen LogP contribution < -0.4 is 5.32 Å². The molecule has 412 valence electrons. The fraction of sp³-hybridized carbons (Fsp3) is 0.852. The number of amides is 1. The van der Waals surface area contributed by atoms with Gasteiger partial charge in [-0.3, -0.25) is 13.8 Å². The SMILES string of the molecule is CC/C=C\C/C=C\C/C=C\C/C=C\CCCCCCCCCCC(=O)NC(COP(=O)(O)OCC[N+](C)(C)C)C(O)CCCCCCCCCCCCCCCCCCCCCCCCCCCCC. The number of quaternary nitrogens is 1. The van der Waals surface area contributed by atoms with Gasteiger partial charge in [-0.05, 0) is 51.4 Å². The number of aliphatic hydroxyl groups excluding tert-OH is 1. The molecule has 0 saturated heterocycles. The van der Waals surface area contributed by atoms with Crippen LogP contribution in [-0.2, 0) is 18.4 Å². The lowest BCUT2D eigenvalue weighted by atomic mass is 10.0. The van der Waals surface area contributed by atoms with Crippen molar-refractivity contribution in [3.8, 4) is 0 Å². The Kier molecular flexibility index (Phi) is 51.2. The molecule has 0 heterocycles. The highest BCUT2D eigenvalue weighted by Gasteiger charge is 2.28. The zero-order valence-electron chi connectivity index (χ0n) is 47.0. The summed E-state index contributed by atoms with van der Waals surface area (Å²) in [5.41, 5.74) is 0. The number of nitrogens with zero attached hydrogens (tertiary/aromatic N) is 1. The molecule has 0 aromatic carbocycles. The molecule has 0 saturated carbocycles. The highest BCUT2D eigenvalue weighted by Crippen LogP contribution is 2.43. The summed E-state index contributed by atoms with van der Waals surface area (Å²) in [6.45, 7) is 4.80. The minimum absolute atomic E-state index is 0.0719. The number of allylic oxidation sites excluding steroid dienone is 8. The Morgan fingerprint density at radius 1 is 0.500 bits per heavy atom. The smallest absolute Gasteiger partial charge is 0.391 e. The molecule has 0 spiro atoms. The lowest BCUT2D eigenvalue weighted by Crippen LogP contribution is -2.46. The zero-order valence-corrected chi connectivity index (χ0v) is 47.9. The monoisotopic (exact) mass is 1010 g/mol. The van der Waals surface area contributed by atoms with Gasteiger partial charge in [0, 0.05) is 6.42 Å². The van der Waals surface area contributed by atoms with Crippen LogP contribution in [0.25, 0.3) is 0 Å². The number of phosphoric acid groups is 1. The molecule has 0 aliphatic rings. The third kappa shape index (κ3) is 54.2. The lowest BCUT2D eigenvalue weighted by molar-refractivity contribution is -0.870. The first kappa shape index (κ1) is 68.5. The maximum absolute atomic E-state index is 13.0. The minimum Gasteiger partial charge on any atom is -0.391 e. The topological polar surface area (TPSA) is 105 Å². The fourth-order valence-corrected chi connectivity index (χ4v) is 9.66. The Bertz CT molecular complexity index is 1280. The number of carbonyl (C=O) groups excluding carboxylic acids is 1. The van der Waals surface area contributed by atoms with Gasteiger partial charge in [-0.1, -0.05) is 274 Å². The van der Waals surface area contributed by atoms with E-state index in [9.17, 15) is 19.4 Å². The van der Waals surface area contributed by atoms with E-state index in [2.05, 4.69) is 67.8 Å². The molecule has 0 aromatic heterocycles. The molecule has 0 aliphatic carbocycles. The number of unbranched alkanes of at least 4 members (excludes halogenated alkanes) is 34. The van der Waals surface area contributed by atoms with Crippen LogP contribution in [0.2, 0.25) is 0 Å². The van der Waals surface area contributed by atoms with Crippen LogP contribution in [0.3, 0.4) is 0 Å². The Balaban J connectivity index is 4.13. The molecular formula is C61H118N2O6P+. The molecule has 0 rings (SSSR count). The molecule has 0 radical (unpaired) electrons. The van der Waals surface area contributed by atoms with Crippen molar-refractivity contribution in [1.82, 2.24) is 5.32 Å². The summed E-state index contributed by atoms with van der Waals surface area (Å²) in [6, 6.07) is -0.768. The fourth-order valence-electron chi connectivity index (χ4n) is 8.92. The lowest BCUT2D eigenvalue weighted by Gasteiger charge is -2.26. The van der Waals surface area contributed by atoms with E-state index in [4.69, 9.17) is 9.05 Å². The summed E-state index contributed by atoms with van der Waals surface area (Å²) < 4.78 is 23.8. The van der Waals surface area contributed by atoms with E-state index < -0.39 is 20.0 Å². The predicted octanol–water partition coefficient (Wildman–Crippen LogP) is 18.3. The number of hydrogen-bond acceptors (Lipinski definition) is 5. The van der Waals surface area contributed by atoms with E-state index in [-0.39, 0.29) is 19.1 Å². The van der Waals surface area contributed by atoms with Crippen LogP contribution in [0, 0.1) is 0 Å². The van der Waals surface area contributed by atoms with Gasteiger partial charge >= 0.3 is 7.82 Å². The predicted molar refractivity (Wildman–Crippen MR) is 304 cm³/mol. The highest BCUT2D eigenvalue weighted by atomic mass is 31.2. The van der Waals surface area contributed by atoms with Crippen LogP contribution in [-0.4, -0.2) is 73.4 Å². The Hall–Kier alpha value is -1.54. The molecule has 3 unspecified atom stereocenters. The quantitative estimate of drug-likeness (QED) is 0.0243. The number of nitrogens with one attached hydrogen (secondary N) is 1. The molecule has 0 bridgehead atoms. The van der Waals surface area contributed by atoms with Crippen molar-refractivity contribution >= 4 is 13.7 Å². The Morgan fingerprint density at radius 2 is 0.857 bits per heavy atom. The number of carbonyl (C=O) groups is 1. The van der Waals surface area contributed by atoms with Gasteiger partial charge in [0.15, 0.2) is 0 Å². The standard InChI is InChI=1S/C61H117N2O6P/c1-6-8-10-12-14-16-18-20-22-24-26-28-29-30-31-32-33-35-36-38-40-42-44-46-48-50-52-54-60(64)59(58-69-70(66,67)68-57-56-63(3,4)5)62-61(65)55-53-51-49-47-45-43-41-39-37-34-27-25-23-21-19-17-15-13-11-9-7-2/h9,11,15,17,21,23,27,34,59-60,64H,6-8,10,12-14,16,18-20,22,24-26,28-33,35-58H2,1-5H3,(H-,62,65,66,67)/p+1/b11-9-,17-15-,23-21-,34-27-. The Labute approximate surface area is 435 Å². The second-order valence-corrected chi connectivity index (χ2v) is 23.2. The van der Waals surface area contributed by atoms with Gasteiger partial charge in [-0.15, -0.1) is 0 Å². The molecular weight excluding hydrogens is 888 g/mol. The molecule has 0 aromatic rings. The molecule has 3 atom stereocenters. The van der Waals surface area contributed by atoms with Gasteiger partial charge in [-0.25, -0.2) is 4.57 Å². The van der Waals surface area contributed by atoms with E-state index in [1.165, 1.54) is 186 Å². The summed E-state index contributed by atoms with van der Waals surface area (Å²) in [7, 11) is 1.61. The second kappa shape index (κ2) is 52.3. The molecule has 9 heteroatoms. The molecule has 0 fully saturated rings. The van der Waals surface area contributed by atoms with E-state index in [0.717, 1.165) is 70.6 Å². The van der Waals surface area contributed by atoms with E-state index in [1.807, 2.05) is 21.1 Å². The third-order valence-electron chi connectivity index (χ3n) is 13.6. The zero-order chi connectivity index (χ0) is 51.3. The van der Waals surface area contributed by atoms with Crippen molar-refractivity contribution in [2.75, 3.05) is 40.9 Å². The number of aliphatic hydroxyl groups is 1. The van der Waals surface area contributed by atoms with Crippen LogP contribution in [0.5, 0.6) is 0 Å². The van der Waals surface area contributed by atoms with Crippen LogP contribution in [0.1, 0.15) is 284 Å². The molecule has 3 N–H and O–H groups in total. The summed E-state index contributed by atoms with van der Waals surface area (Å²) in [5, 5.41) is 14.1. The van der Waals surface area contributed by atoms with E-state index in [0.29, 0.717) is 23.9 Å². The summed E-state index contributed by atoms with van der Waals surface area (Å²) in [6.07, 6.45) is 68.9. The van der Waals surface area contributed by atoms with Crippen LogP contribution in [0.4, 0.5) is 0 Å². The minimum atomic E-state index is -4.33. The van der Waals surface area contributed by atoms with Gasteiger partial charge in [0.25, 0.3) is 0 Å². The van der Waals surface area contributed by atoms with E-state index >= 15 is 0 Å². The molecule has 8 nitrogen and oxygen atoms in total. The molecule has 1 amide bonds. The van der Waals surface area contributed by atoms with Gasteiger partial charge in [0.2, 0.25) is 5.91 Å². The third-order valence-corrected chi connectivity index (χ3v) is 14.6. The van der Waals surface area contributed by atoms with Crippen molar-refractivity contribution in [3.05, 3.63) is 48.6 Å².